The van der Waals surface area contributed by atoms with Gasteiger partial charge >= 0.3 is 124 Å². The van der Waals surface area contributed by atoms with Gasteiger partial charge in [0.25, 0.3) is 0 Å². The molecule has 2 aromatic carbocycles. The predicted molar refractivity (Wildman–Crippen MR) is 82.6 cm³/mol. The number of aliphatic imine (C=N–C) groups is 1. The SMILES string of the molecule is O=C1CC[Se]C(=Nc2ccccc2)N1c1ccccc1. The van der Waals surface area contributed by atoms with Crippen molar-refractivity contribution in [2.45, 2.75) is 11.7 Å². The molecule has 1 fully saturated rings. The number of hydrogen-bond donors (Lipinski definition) is 0. The van der Waals surface area contributed by atoms with Crippen molar-refractivity contribution in [3.63, 3.8) is 0 Å². The third-order valence-electron chi connectivity index (χ3n) is 2.98. The Morgan fingerprint density at radius 2 is 1.60 bits per heavy atom. The summed E-state index contributed by atoms with van der Waals surface area (Å²) in [7, 11) is 0. The molecule has 1 aliphatic heterocycles. The van der Waals surface area contributed by atoms with Crippen LogP contribution >= 0.6 is 0 Å². The molecule has 20 heavy (non-hydrogen) atoms. The number of anilines is 1. The molecule has 0 spiro atoms. The summed E-state index contributed by atoms with van der Waals surface area (Å²) in [5.41, 5.74) is 1.81. The standard InChI is InChI=1S/C16H14N2OSe/c19-15-11-12-20-16(17-13-7-3-1-4-8-13)18(15)14-9-5-2-6-10-14/h1-10H,11-12H2. The number of amides is 1. The van der Waals surface area contributed by atoms with Crippen LogP contribution in [-0.2, 0) is 4.79 Å². The Balaban J connectivity index is 1.99. The number of amidine groups is 1. The molecule has 0 saturated carbocycles. The van der Waals surface area contributed by atoms with Crippen LogP contribution in [0.2, 0.25) is 5.32 Å². The van der Waals surface area contributed by atoms with Gasteiger partial charge in [0.1, 0.15) is 0 Å². The summed E-state index contributed by atoms with van der Waals surface area (Å²) in [5, 5.41) is 0.931. The topological polar surface area (TPSA) is 32.7 Å². The first-order valence-corrected chi connectivity index (χ1v) is 8.56. The molecule has 0 radical (unpaired) electrons. The summed E-state index contributed by atoms with van der Waals surface area (Å²) in [5.74, 6) is 0.138. The molecule has 0 aliphatic carbocycles. The molecule has 0 bridgehead atoms. The first-order valence-electron chi connectivity index (χ1n) is 6.49. The number of hydrogen-bond acceptors (Lipinski definition) is 2. The van der Waals surface area contributed by atoms with Crippen molar-refractivity contribution in [2.75, 3.05) is 4.90 Å². The van der Waals surface area contributed by atoms with E-state index in [2.05, 4.69) is 4.99 Å². The van der Waals surface area contributed by atoms with Crippen LogP contribution < -0.4 is 4.90 Å². The van der Waals surface area contributed by atoms with Crippen molar-refractivity contribution >= 4 is 37.0 Å². The van der Waals surface area contributed by atoms with E-state index < -0.39 is 0 Å². The van der Waals surface area contributed by atoms with Crippen LogP contribution in [-0.4, -0.2) is 25.6 Å². The van der Waals surface area contributed by atoms with Gasteiger partial charge in [-0.15, -0.1) is 0 Å². The van der Waals surface area contributed by atoms with Gasteiger partial charge in [0.05, 0.1) is 0 Å². The van der Waals surface area contributed by atoms with E-state index >= 15 is 0 Å². The van der Waals surface area contributed by atoms with Crippen molar-refractivity contribution in [2.24, 2.45) is 4.99 Å². The van der Waals surface area contributed by atoms with Crippen LogP contribution in [0.1, 0.15) is 6.42 Å². The summed E-state index contributed by atoms with van der Waals surface area (Å²) in [4.78, 5) is 18.7. The number of nitrogens with zero attached hydrogens (tertiary/aromatic N) is 2. The van der Waals surface area contributed by atoms with Crippen LogP contribution in [0.3, 0.4) is 0 Å². The van der Waals surface area contributed by atoms with Crippen LogP contribution in [0.25, 0.3) is 0 Å². The Morgan fingerprint density at radius 1 is 0.950 bits per heavy atom. The van der Waals surface area contributed by atoms with Gasteiger partial charge < -0.3 is 0 Å². The van der Waals surface area contributed by atoms with Crippen molar-refractivity contribution in [1.82, 2.24) is 0 Å². The van der Waals surface area contributed by atoms with E-state index in [-0.39, 0.29) is 20.9 Å². The first kappa shape index (κ1) is 13.1. The normalized spacial score (nSPS) is 17.5. The van der Waals surface area contributed by atoms with Crippen molar-refractivity contribution < 1.29 is 4.79 Å². The molecule has 1 saturated heterocycles. The average Bonchev–Trinajstić information content (AvgIpc) is 2.49. The summed E-state index contributed by atoms with van der Waals surface area (Å²) in [6.07, 6.45) is 0.614. The minimum absolute atomic E-state index is 0.138. The number of rotatable bonds is 2. The fourth-order valence-corrected chi connectivity index (χ4v) is 4.07. The maximum absolute atomic E-state index is 12.3. The van der Waals surface area contributed by atoms with Crippen molar-refractivity contribution in [1.29, 1.82) is 0 Å². The molecule has 1 aliphatic rings. The summed E-state index contributed by atoms with van der Waals surface area (Å²) in [6.45, 7) is 0. The van der Waals surface area contributed by atoms with Gasteiger partial charge in [-0.25, -0.2) is 0 Å². The van der Waals surface area contributed by atoms with E-state index in [1.165, 1.54) is 0 Å². The van der Waals surface area contributed by atoms with Crippen LogP contribution in [0.5, 0.6) is 0 Å². The van der Waals surface area contributed by atoms with E-state index in [0.29, 0.717) is 6.42 Å². The quantitative estimate of drug-likeness (QED) is 0.779. The Morgan fingerprint density at radius 3 is 2.30 bits per heavy atom. The van der Waals surface area contributed by atoms with Crippen LogP contribution in [0, 0.1) is 0 Å². The number of carbonyl (C=O) groups is 1. The van der Waals surface area contributed by atoms with Gasteiger partial charge in [-0.1, -0.05) is 0 Å². The summed E-state index contributed by atoms with van der Waals surface area (Å²) < 4.78 is 0.895. The second-order valence-corrected chi connectivity index (χ2v) is 6.62. The van der Waals surface area contributed by atoms with Gasteiger partial charge in [0.15, 0.2) is 0 Å². The van der Waals surface area contributed by atoms with Crippen molar-refractivity contribution in [3.8, 4) is 0 Å². The average molecular weight is 329 g/mol. The molecule has 0 N–H and O–H groups in total. The number of benzene rings is 2. The van der Waals surface area contributed by atoms with Gasteiger partial charge in [0.2, 0.25) is 0 Å². The molecule has 0 atom stereocenters. The Hall–Kier alpha value is -1.90. The van der Waals surface area contributed by atoms with Crippen molar-refractivity contribution in [3.05, 3.63) is 60.7 Å². The van der Waals surface area contributed by atoms with Crippen LogP contribution in [0.4, 0.5) is 11.4 Å². The van der Waals surface area contributed by atoms with Crippen LogP contribution in [0.15, 0.2) is 65.7 Å². The molecule has 4 heteroatoms. The molecule has 3 rings (SSSR count). The van der Waals surface area contributed by atoms with Gasteiger partial charge in [-0.3, -0.25) is 0 Å². The fourth-order valence-electron chi connectivity index (χ4n) is 2.04. The molecule has 100 valence electrons. The number of para-hydroxylation sites is 2. The molecular formula is C16H14N2OSe. The molecule has 2 aromatic rings. The number of carbonyl (C=O) groups excluding carboxylic acids is 1. The molecular weight excluding hydrogens is 315 g/mol. The molecule has 1 heterocycles. The predicted octanol–water partition coefficient (Wildman–Crippen LogP) is 3.23. The summed E-state index contributed by atoms with van der Waals surface area (Å²) in [6, 6.07) is 19.6. The monoisotopic (exact) mass is 330 g/mol. The zero-order valence-corrected chi connectivity index (χ0v) is 12.6. The Kier molecular flexibility index (Phi) is 3.95. The summed E-state index contributed by atoms with van der Waals surface area (Å²) >= 11 is 0.236. The minimum atomic E-state index is 0.138. The van der Waals surface area contributed by atoms with E-state index in [1.54, 1.807) is 4.90 Å². The van der Waals surface area contributed by atoms with E-state index in [1.807, 2.05) is 60.7 Å². The molecule has 0 aromatic heterocycles. The zero-order valence-electron chi connectivity index (χ0n) is 10.9. The fraction of sp³-hybridized carbons (Fsp3) is 0.125. The molecule has 3 nitrogen and oxygen atoms in total. The molecule has 1 amide bonds. The zero-order chi connectivity index (χ0) is 13.8. The second kappa shape index (κ2) is 6.04. The third-order valence-corrected chi connectivity index (χ3v) is 4.96. The van der Waals surface area contributed by atoms with E-state index in [4.69, 9.17) is 0 Å². The molecule has 0 unspecified atom stereocenters. The third kappa shape index (κ3) is 2.82. The van der Waals surface area contributed by atoms with E-state index in [0.717, 1.165) is 21.4 Å². The van der Waals surface area contributed by atoms with Gasteiger partial charge in [0, 0.05) is 0 Å². The van der Waals surface area contributed by atoms with E-state index in [9.17, 15) is 4.79 Å². The van der Waals surface area contributed by atoms with Gasteiger partial charge in [-0.05, 0) is 0 Å². The van der Waals surface area contributed by atoms with Gasteiger partial charge in [-0.2, -0.15) is 0 Å². The first-order chi connectivity index (χ1) is 9.84. The maximum atomic E-state index is 12.3. The Labute approximate surface area is 124 Å². The second-order valence-electron chi connectivity index (χ2n) is 4.39. The Bertz CT molecular complexity index is 625.